The number of Topliss-reactive ketones (excluding diaryl/α,β-unsaturated/α-hetero) is 1. The highest BCUT2D eigenvalue weighted by atomic mass is 35.5. The molecule has 3 aromatic carbocycles. The minimum absolute atomic E-state index is 0.0639. The van der Waals surface area contributed by atoms with Crippen molar-refractivity contribution in [3.05, 3.63) is 101 Å². The molecule has 0 spiro atoms. The van der Waals surface area contributed by atoms with E-state index in [0.717, 1.165) is 18.6 Å². The van der Waals surface area contributed by atoms with Gasteiger partial charge < -0.3 is 4.74 Å². The number of amides is 2. The second kappa shape index (κ2) is 11.5. The van der Waals surface area contributed by atoms with Crippen LogP contribution in [-0.4, -0.2) is 35.6 Å². The molecule has 0 radical (unpaired) electrons. The number of alkyl halides is 1. The van der Waals surface area contributed by atoms with E-state index in [0.29, 0.717) is 18.5 Å². The Labute approximate surface area is 230 Å². The predicted molar refractivity (Wildman–Crippen MR) is 144 cm³/mol. The van der Waals surface area contributed by atoms with Gasteiger partial charge in [-0.25, -0.2) is 9.18 Å². The molecule has 4 atom stereocenters. The lowest BCUT2D eigenvalue weighted by Gasteiger charge is -2.28. The van der Waals surface area contributed by atoms with E-state index in [1.165, 1.54) is 34.7 Å². The number of esters is 1. The van der Waals surface area contributed by atoms with E-state index in [1.54, 1.807) is 12.1 Å². The summed E-state index contributed by atoms with van der Waals surface area (Å²) in [5, 5.41) is 0. The van der Waals surface area contributed by atoms with E-state index in [1.807, 2.05) is 18.2 Å². The van der Waals surface area contributed by atoms with Crippen LogP contribution in [0.5, 0.6) is 0 Å². The Kier molecular flexibility index (Phi) is 7.89. The fourth-order valence-electron chi connectivity index (χ4n) is 5.57. The fraction of sp³-hybridized carbons (Fsp3) is 0.290. The molecule has 8 heteroatoms. The average Bonchev–Trinajstić information content (AvgIpc) is 3.22. The molecule has 2 aliphatic rings. The van der Waals surface area contributed by atoms with Crippen LogP contribution in [0.1, 0.15) is 57.9 Å². The summed E-state index contributed by atoms with van der Waals surface area (Å²) in [6.45, 7) is 0. The summed E-state index contributed by atoms with van der Waals surface area (Å²) in [7, 11) is 0. The Bertz CT molecular complexity index is 1390. The van der Waals surface area contributed by atoms with Crippen molar-refractivity contribution >= 4 is 40.9 Å². The lowest BCUT2D eigenvalue weighted by Crippen LogP contribution is -2.31. The third-order valence-electron chi connectivity index (χ3n) is 7.58. The molecule has 0 bridgehead atoms. The summed E-state index contributed by atoms with van der Waals surface area (Å²) in [5.41, 5.74) is 1.75. The Morgan fingerprint density at radius 2 is 1.62 bits per heavy atom. The monoisotopic (exact) mass is 547 g/mol. The van der Waals surface area contributed by atoms with Crippen molar-refractivity contribution < 1.29 is 28.3 Å². The molecule has 1 saturated heterocycles. The molecule has 0 aromatic heterocycles. The lowest BCUT2D eigenvalue weighted by atomic mass is 9.73. The van der Waals surface area contributed by atoms with Gasteiger partial charge in [0.25, 0.3) is 0 Å². The van der Waals surface area contributed by atoms with Crippen LogP contribution in [0.2, 0.25) is 0 Å². The largest absolute Gasteiger partial charge is 0.450 e. The SMILES string of the molecule is O=C(O[C@@H](CCCl)C(=O)c1ccc(F)cc1)c1cccc(N2C(=O)[C@H]3CC[C@H](c4ccccc4)C[C@H]3C2=O)c1. The standard InChI is InChI=1S/C31H27ClFNO5/c32-16-15-27(28(35)20-9-12-23(33)13-10-20)39-31(38)22-7-4-8-24(17-22)34-29(36)25-14-11-21(18-26(25)30(34)37)19-5-2-1-3-6-19/h1-10,12-13,17,21,25-27H,11,14-16,18H2/t21-,25-,26+,27-/m0/s1. The number of benzene rings is 3. The van der Waals surface area contributed by atoms with Gasteiger partial charge in [0.2, 0.25) is 17.6 Å². The van der Waals surface area contributed by atoms with Crippen LogP contribution in [0, 0.1) is 17.7 Å². The highest BCUT2D eigenvalue weighted by Crippen LogP contribution is 2.45. The number of imide groups is 1. The number of anilines is 1. The number of ketones is 1. The fourth-order valence-corrected chi connectivity index (χ4v) is 5.77. The molecule has 1 heterocycles. The number of halogens is 2. The minimum atomic E-state index is -1.17. The molecule has 2 amide bonds. The van der Waals surface area contributed by atoms with E-state index < -0.39 is 29.6 Å². The smallest absolute Gasteiger partial charge is 0.338 e. The normalized spacial score (nSPS) is 21.4. The van der Waals surface area contributed by atoms with Crippen molar-refractivity contribution in [1.82, 2.24) is 0 Å². The van der Waals surface area contributed by atoms with Gasteiger partial charge in [-0.05, 0) is 73.2 Å². The van der Waals surface area contributed by atoms with Gasteiger partial charge in [0.05, 0.1) is 23.1 Å². The molecule has 3 aromatic rings. The van der Waals surface area contributed by atoms with Crippen LogP contribution in [-0.2, 0) is 14.3 Å². The Balaban J connectivity index is 1.32. The number of fused-ring (bicyclic) bond motifs is 1. The quantitative estimate of drug-likeness (QED) is 0.151. The Morgan fingerprint density at radius 1 is 0.897 bits per heavy atom. The number of nitrogens with zero attached hydrogens (tertiary/aromatic N) is 1. The van der Waals surface area contributed by atoms with Crippen molar-refractivity contribution in [3.63, 3.8) is 0 Å². The zero-order valence-corrected chi connectivity index (χ0v) is 21.9. The second-order valence-corrected chi connectivity index (χ2v) is 10.3. The summed E-state index contributed by atoms with van der Waals surface area (Å²) in [6.07, 6.45) is 0.950. The molecular weight excluding hydrogens is 521 g/mol. The van der Waals surface area contributed by atoms with Gasteiger partial charge in [-0.1, -0.05) is 36.4 Å². The van der Waals surface area contributed by atoms with E-state index in [9.17, 15) is 23.6 Å². The number of ether oxygens (including phenoxy) is 1. The zero-order valence-electron chi connectivity index (χ0n) is 21.1. The van der Waals surface area contributed by atoms with Crippen molar-refractivity contribution in [2.24, 2.45) is 11.8 Å². The molecule has 0 N–H and O–H groups in total. The summed E-state index contributed by atoms with van der Waals surface area (Å²) in [6, 6.07) is 21.1. The van der Waals surface area contributed by atoms with Gasteiger partial charge in [-0.3, -0.25) is 19.3 Å². The average molecular weight is 548 g/mol. The molecule has 5 rings (SSSR count). The number of hydrogen-bond acceptors (Lipinski definition) is 5. The topological polar surface area (TPSA) is 80.8 Å². The van der Waals surface area contributed by atoms with Gasteiger partial charge in [-0.2, -0.15) is 0 Å². The Morgan fingerprint density at radius 3 is 2.33 bits per heavy atom. The molecule has 2 fully saturated rings. The highest BCUT2D eigenvalue weighted by molar-refractivity contribution is 6.22. The van der Waals surface area contributed by atoms with Crippen LogP contribution >= 0.6 is 11.6 Å². The number of carbonyl (C=O) groups excluding carboxylic acids is 4. The first-order chi connectivity index (χ1) is 18.9. The summed E-state index contributed by atoms with van der Waals surface area (Å²) < 4.78 is 18.8. The Hall–Kier alpha value is -3.84. The molecule has 1 aliphatic heterocycles. The van der Waals surface area contributed by atoms with E-state index in [4.69, 9.17) is 16.3 Å². The van der Waals surface area contributed by atoms with E-state index in [-0.39, 0.29) is 47.1 Å². The van der Waals surface area contributed by atoms with Crippen molar-refractivity contribution in [2.45, 2.75) is 37.7 Å². The minimum Gasteiger partial charge on any atom is -0.450 e. The first kappa shape index (κ1) is 26.8. The molecule has 6 nitrogen and oxygen atoms in total. The van der Waals surface area contributed by atoms with Crippen molar-refractivity contribution in [2.75, 3.05) is 10.8 Å². The van der Waals surface area contributed by atoms with Gasteiger partial charge in [0.15, 0.2) is 6.10 Å². The summed E-state index contributed by atoms with van der Waals surface area (Å²) in [5.74, 6) is -2.81. The lowest BCUT2D eigenvalue weighted by molar-refractivity contribution is -0.122. The predicted octanol–water partition coefficient (Wildman–Crippen LogP) is 5.94. The van der Waals surface area contributed by atoms with Crippen LogP contribution in [0.25, 0.3) is 0 Å². The summed E-state index contributed by atoms with van der Waals surface area (Å²) >= 11 is 5.85. The van der Waals surface area contributed by atoms with E-state index >= 15 is 0 Å². The third kappa shape index (κ3) is 5.50. The highest BCUT2D eigenvalue weighted by Gasteiger charge is 2.50. The number of carbonyl (C=O) groups is 4. The molecule has 1 aliphatic carbocycles. The van der Waals surface area contributed by atoms with Crippen LogP contribution in [0.15, 0.2) is 78.9 Å². The van der Waals surface area contributed by atoms with Crippen LogP contribution in [0.4, 0.5) is 10.1 Å². The van der Waals surface area contributed by atoms with Crippen LogP contribution in [0.3, 0.4) is 0 Å². The molecule has 39 heavy (non-hydrogen) atoms. The van der Waals surface area contributed by atoms with E-state index in [2.05, 4.69) is 12.1 Å². The molecule has 200 valence electrons. The second-order valence-electron chi connectivity index (χ2n) is 9.94. The maximum absolute atomic E-state index is 13.4. The van der Waals surface area contributed by atoms with Crippen molar-refractivity contribution in [3.8, 4) is 0 Å². The first-order valence-corrected chi connectivity index (χ1v) is 13.5. The van der Waals surface area contributed by atoms with Gasteiger partial charge >= 0.3 is 5.97 Å². The molecule has 0 unspecified atom stereocenters. The van der Waals surface area contributed by atoms with Gasteiger partial charge in [0, 0.05) is 17.9 Å². The molecular formula is C31H27ClFNO5. The maximum atomic E-state index is 13.4. The molecule has 1 saturated carbocycles. The number of hydrogen-bond donors (Lipinski definition) is 0. The maximum Gasteiger partial charge on any atom is 0.338 e. The number of rotatable bonds is 8. The zero-order chi connectivity index (χ0) is 27.5. The van der Waals surface area contributed by atoms with Gasteiger partial charge in [-0.15, -0.1) is 11.6 Å². The van der Waals surface area contributed by atoms with Gasteiger partial charge in [0.1, 0.15) is 5.82 Å². The van der Waals surface area contributed by atoms with Crippen molar-refractivity contribution in [1.29, 1.82) is 0 Å². The third-order valence-corrected chi connectivity index (χ3v) is 7.80. The first-order valence-electron chi connectivity index (χ1n) is 13.0. The summed E-state index contributed by atoms with van der Waals surface area (Å²) in [4.78, 5) is 53.9. The van der Waals surface area contributed by atoms with Crippen LogP contribution < -0.4 is 4.90 Å².